The molecule has 7 rings (SSSR count). The van der Waals surface area contributed by atoms with Crippen LogP contribution in [0.1, 0.15) is 67.6 Å². The zero-order chi connectivity index (χ0) is 45.9. The molecule has 13 nitrogen and oxygen atoms in total. The number of likely N-dealkylation sites (N-methyl/N-ethyl adjacent to an activating group) is 1. The Hall–Kier alpha value is -5.67. The number of aliphatic hydroxyl groups excluding tert-OH is 2. The number of amides is 1. The second kappa shape index (κ2) is 22.0. The number of unbranched alkanes of at least 4 members (excludes halogenated alkanes) is 2. The molecular formula is C51H59N3O10S. The van der Waals surface area contributed by atoms with Crippen LogP contribution < -0.4 is 14.2 Å². The molecule has 14 heteroatoms. The number of carbonyl (C=O) groups is 1. The predicted molar refractivity (Wildman–Crippen MR) is 251 cm³/mol. The van der Waals surface area contributed by atoms with Gasteiger partial charge in [-0.1, -0.05) is 42.3 Å². The van der Waals surface area contributed by atoms with E-state index in [1.165, 1.54) is 12.1 Å². The number of oxime groups is 1. The summed E-state index contributed by atoms with van der Waals surface area (Å²) in [6.45, 7) is 4.36. The molecule has 0 bridgehead atoms. The Kier molecular flexibility index (Phi) is 16.0. The van der Waals surface area contributed by atoms with Gasteiger partial charge >= 0.3 is 0 Å². The highest BCUT2D eigenvalue weighted by molar-refractivity contribution is 7.98. The van der Waals surface area contributed by atoms with Gasteiger partial charge in [-0.3, -0.25) is 14.9 Å². The van der Waals surface area contributed by atoms with Gasteiger partial charge in [-0.25, -0.2) is 0 Å². The summed E-state index contributed by atoms with van der Waals surface area (Å²) in [5.74, 6) is 0.333. The molecule has 4 aromatic carbocycles. The first-order chi connectivity index (χ1) is 31.6. The number of nitrogens with zero attached hydrogens (tertiary/aromatic N) is 3. The molecule has 6 atom stereocenters. The number of carbonyl (C=O) groups excluding carboxylic acids is 1. The Labute approximate surface area is 385 Å². The van der Waals surface area contributed by atoms with Crippen molar-refractivity contribution in [1.29, 1.82) is 0 Å². The highest BCUT2D eigenvalue weighted by Gasteiger charge is 2.65. The number of fused-ring (bicyclic) bond motifs is 2. The van der Waals surface area contributed by atoms with E-state index in [-0.39, 0.29) is 68.6 Å². The van der Waals surface area contributed by atoms with Crippen molar-refractivity contribution in [1.82, 2.24) is 4.90 Å². The number of methoxy groups -OCH3 is 1. The first-order valence-electron chi connectivity index (χ1n) is 22.3. The Bertz CT molecular complexity index is 2340. The Morgan fingerprint density at radius 1 is 0.969 bits per heavy atom. The summed E-state index contributed by atoms with van der Waals surface area (Å²) in [6.07, 6.45) is 10.8. The van der Waals surface area contributed by atoms with Crippen LogP contribution in [0, 0.1) is 27.9 Å². The molecule has 65 heavy (non-hydrogen) atoms. The van der Waals surface area contributed by atoms with Crippen molar-refractivity contribution in [3.63, 3.8) is 0 Å². The third-order valence-electron chi connectivity index (χ3n) is 12.8. The summed E-state index contributed by atoms with van der Waals surface area (Å²) in [6, 6.07) is 26.8. The van der Waals surface area contributed by atoms with Crippen molar-refractivity contribution >= 4 is 29.1 Å². The minimum Gasteiger partial charge on any atom is -0.497 e. The van der Waals surface area contributed by atoms with Crippen molar-refractivity contribution in [3.8, 4) is 23.0 Å². The van der Waals surface area contributed by atoms with E-state index >= 15 is 0 Å². The Morgan fingerprint density at radius 3 is 2.40 bits per heavy atom. The molecule has 0 unspecified atom stereocenters. The quantitative estimate of drug-likeness (QED) is 0.0254. The standard InChI is InChI=1S/C51H59N3O10S/c1-5-27-61-51-47(53(2)48(57)29-35-11-10-13-39(28-35)60-3)32-45(52-62-33-34-15-17-37(18-16-34)54(58)59)43-30-36(12-6-8-25-55)42(14-7-9-26-56)49(50(43)51)44-31-40(21-24-46(44)64-51)63-38-19-22-41(65-4)23-20-38/h5,10-11,13,15-24,28,30-31,36,42,47,49-50,55-56H,1,6-9,12,14,25-27,29,32-33H2,2-4H3/t36-,42+,47-,49+,50+,51+/m0/s1. The lowest BCUT2D eigenvalue weighted by atomic mass is 9.55. The molecule has 0 aromatic heterocycles. The number of nitro benzene ring substituents is 1. The van der Waals surface area contributed by atoms with Gasteiger partial charge in [-0.05, 0) is 127 Å². The van der Waals surface area contributed by atoms with E-state index in [9.17, 15) is 25.1 Å². The molecule has 1 fully saturated rings. The molecule has 1 aliphatic heterocycles. The lowest BCUT2D eigenvalue weighted by Gasteiger charge is -2.59. The summed E-state index contributed by atoms with van der Waals surface area (Å²) in [7, 11) is 3.37. The summed E-state index contributed by atoms with van der Waals surface area (Å²) < 4.78 is 26.4. The normalized spacial score (nSPS) is 22.4. The smallest absolute Gasteiger partial charge is 0.269 e. The number of thioether (sulfide) groups is 1. The average molecular weight is 906 g/mol. The SMILES string of the molecule is C=CCO[C@@]12Oc3ccc(Oc4ccc(SC)cc4)cc3[C@H]3[C@H](CCCCO)[C@@H](CCCCO)C=C(C(=NOCc4ccc([N+](=O)[O-])cc4)C[C@@H]1N(C)C(=O)Cc1cccc(OC)c1)[C@H]32. The molecule has 0 saturated heterocycles. The van der Waals surface area contributed by atoms with Crippen molar-refractivity contribution in [2.24, 2.45) is 22.9 Å². The van der Waals surface area contributed by atoms with Crippen molar-refractivity contribution in [2.45, 2.75) is 80.6 Å². The number of aliphatic hydroxyl groups is 2. The molecule has 1 heterocycles. The van der Waals surface area contributed by atoms with Gasteiger partial charge in [0.05, 0.1) is 36.7 Å². The van der Waals surface area contributed by atoms with Gasteiger partial charge in [-0.15, -0.1) is 18.3 Å². The van der Waals surface area contributed by atoms with Crippen LogP contribution in [0.3, 0.4) is 0 Å². The van der Waals surface area contributed by atoms with Crippen LogP contribution in [0.2, 0.25) is 0 Å². The van der Waals surface area contributed by atoms with E-state index in [1.807, 2.05) is 66.9 Å². The number of allylic oxidation sites excluding steroid dienone is 1. The molecule has 344 valence electrons. The largest absolute Gasteiger partial charge is 0.497 e. The van der Waals surface area contributed by atoms with Gasteiger partial charge < -0.3 is 38.9 Å². The first kappa shape index (κ1) is 47.3. The van der Waals surface area contributed by atoms with Crippen LogP contribution in [-0.4, -0.2) is 83.7 Å². The number of hydrogen-bond acceptors (Lipinski definition) is 12. The summed E-state index contributed by atoms with van der Waals surface area (Å²) in [4.78, 5) is 34.5. The third kappa shape index (κ3) is 10.7. The molecule has 0 spiro atoms. The second-order valence-electron chi connectivity index (χ2n) is 16.8. The van der Waals surface area contributed by atoms with E-state index in [1.54, 1.807) is 49.0 Å². The zero-order valence-electron chi connectivity index (χ0n) is 37.3. The number of nitro groups is 1. The maximum Gasteiger partial charge on any atom is 0.269 e. The highest BCUT2D eigenvalue weighted by atomic mass is 32.2. The molecule has 1 amide bonds. The van der Waals surface area contributed by atoms with E-state index in [0.29, 0.717) is 47.1 Å². The van der Waals surface area contributed by atoms with Gasteiger partial charge in [0.1, 0.15) is 35.6 Å². The van der Waals surface area contributed by atoms with Gasteiger partial charge in [0.15, 0.2) is 0 Å². The fourth-order valence-electron chi connectivity index (χ4n) is 9.73. The Morgan fingerprint density at radius 2 is 1.71 bits per heavy atom. The minimum absolute atomic E-state index is 0.0217. The summed E-state index contributed by atoms with van der Waals surface area (Å²) in [5.41, 5.74) is 3.94. The highest BCUT2D eigenvalue weighted by Crippen LogP contribution is 2.62. The fourth-order valence-corrected chi connectivity index (χ4v) is 10.1. The molecule has 0 radical (unpaired) electrons. The van der Waals surface area contributed by atoms with Gasteiger partial charge in [0.2, 0.25) is 11.7 Å². The number of rotatable bonds is 22. The van der Waals surface area contributed by atoms with E-state index in [0.717, 1.165) is 47.3 Å². The summed E-state index contributed by atoms with van der Waals surface area (Å²) >= 11 is 1.66. The average Bonchev–Trinajstić information content (AvgIpc) is 3.32. The van der Waals surface area contributed by atoms with Crippen LogP contribution >= 0.6 is 11.8 Å². The van der Waals surface area contributed by atoms with Crippen molar-refractivity contribution < 1.29 is 43.7 Å². The molecule has 2 aliphatic carbocycles. The zero-order valence-corrected chi connectivity index (χ0v) is 38.1. The second-order valence-corrected chi connectivity index (χ2v) is 17.7. The molecule has 3 aliphatic rings. The molecule has 1 saturated carbocycles. The first-order valence-corrected chi connectivity index (χ1v) is 23.5. The number of hydrogen-bond donors (Lipinski definition) is 2. The Balaban J connectivity index is 1.39. The van der Waals surface area contributed by atoms with E-state index in [2.05, 4.69) is 18.7 Å². The lowest BCUT2D eigenvalue weighted by molar-refractivity contribution is -0.384. The predicted octanol–water partition coefficient (Wildman–Crippen LogP) is 9.65. The lowest BCUT2D eigenvalue weighted by Crippen LogP contribution is -2.69. The van der Waals surface area contributed by atoms with Crippen molar-refractivity contribution in [3.05, 3.63) is 142 Å². The number of benzene rings is 4. The summed E-state index contributed by atoms with van der Waals surface area (Å²) in [5, 5.41) is 36.1. The van der Waals surface area contributed by atoms with Crippen LogP contribution in [0.4, 0.5) is 5.69 Å². The van der Waals surface area contributed by atoms with Crippen LogP contribution in [0.5, 0.6) is 23.0 Å². The maximum absolute atomic E-state index is 14.6. The van der Waals surface area contributed by atoms with E-state index < -0.39 is 22.7 Å². The van der Waals surface area contributed by atoms with Gasteiger partial charge in [0.25, 0.3) is 5.69 Å². The van der Waals surface area contributed by atoms with Crippen LogP contribution in [0.15, 0.2) is 125 Å². The maximum atomic E-state index is 14.6. The van der Waals surface area contributed by atoms with E-state index in [4.69, 9.17) is 28.9 Å². The van der Waals surface area contributed by atoms with Crippen LogP contribution in [0.25, 0.3) is 0 Å². The molecule has 2 N–H and O–H groups in total. The fraction of sp³-hybridized carbons (Fsp3) is 0.412. The molecule has 4 aromatic rings. The van der Waals surface area contributed by atoms with Crippen LogP contribution in [-0.2, 0) is 27.4 Å². The van der Waals surface area contributed by atoms with Crippen molar-refractivity contribution in [2.75, 3.05) is 40.2 Å². The minimum atomic E-state index is -1.42. The monoisotopic (exact) mass is 905 g/mol. The van der Waals surface area contributed by atoms with Gasteiger partial charge in [-0.2, -0.15) is 0 Å². The topological polar surface area (TPSA) is 162 Å². The number of non-ortho nitro benzene ring substituents is 1. The number of ether oxygens (including phenoxy) is 4. The third-order valence-corrected chi connectivity index (χ3v) is 13.6. The molecular weight excluding hydrogens is 847 g/mol. The van der Waals surface area contributed by atoms with Gasteiger partial charge in [0, 0.05) is 55.2 Å².